The predicted molar refractivity (Wildman–Crippen MR) is 123 cm³/mol. The first kappa shape index (κ1) is 22.2. The normalized spacial score (nSPS) is 19.7. The topological polar surface area (TPSA) is 95.6 Å². The predicted octanol–water partition coefficient (Wildman–Crippen LogP) is 4.23. The third kappa shape index (κ3) is 4.19. The highest BCUT2D eigenvalue weighted by Gasteiger charge is 2.54. The summed E-state index contributed by atoms with van der Waals surface area (Å²) in [5, 5.41) is 7.63. The first-order valence-electron chi connectivity index (χ1n) is 11.1. The standard InChI is InChI=1S/C24H27N3O4S/c1-2-3-4-7-21(29)25-17-10-8-16(9-11-17)19(28)15-27-22(30)24(26-23(27)31)13-5-6-20-18(24)12-14-32-20/h8-12,14H,2-7,13,15H2,1H3,(H,25,29)(H,26,31)/t24-/m0/s1. The monoisotopic (exact) mass is 453 g/mol. The van der Waals surface area contributed by atoms with Crippen molar-refractivity contribution in [3.8, 4) is 0 Å². The lowest BCUT2D eigenvalue weighted by atomic mass is 9.80. The van der Waals surface area contributed by atoms with Crippen LogP contribution in [0.4, 0.5) is 10.5 Å². The molecule has 2 aromatic rings. The zero-order chi connectivity index (χ0) is 22.7. The molecule has 1 aliphatic heterocycles. The number of ketones is 1. The summed E-state index contributed by atoms with van der Waals surface area (Å²) in [5.74, 6) is -0.735. The number of hydrogen-bond donors (Lipinski definition) is 2. The molecular weight excluding hydrogens is 426 g/mol. The zero-order valence-corrected chi connectivity index (χ0v) is 18.9. The van der Waals surface area contributed by atoms with Gasteiger partial charge in [-0.05, 0) is 61.4 Å². The zero-order valence-electron chi connectivity index (χ0n) is 18.1. The average Bonchev–Trinajstić information content (AvgIpc) is 3.35. The third-order valence-electron chi connectivity index (χ3n) is 6.14. The van der Waals surface area contributed by atoms with Crippen LogP contribution in [0.1, 0.15) is 66.2 Å². The molecule has 1 aromatic heterocycles. The van der Waals surface area contributed by atoms with Gasteiger partial charge in [-0.1, -0.05) is 19.8 Å². The van der Waals surface area contributed by atoms with E-state index in [0.717, 1.165) is 47.4 Å². The Morgan fingerprint density at radius 1 is 1.16 bits per heavy atom. The van der Waals surface area contributed by atoms with Crippen LogP contribution in [0.15, 0.2) is 35.7 Å². The molecule has 8 heteroatoms. The van der Waals surface area contributed by atoms with Crippen molar-refractivity contribution in [1.29, 1.82) is 0 Å². The van der Waals surface area contributed by atoms with Crippen LogP contribution >= 0.6 is 11.3 Å². The van der Waals surface area contributed by atoms with E-state index in [2.05, 4.69) is 17.6 Å². The third-order valence-corrected chi connectivity index (χ3v) is 7.12. The maximum Gasteiger partial charge on any atom is 0.325 e. The molecular formula is C24H27N3O4S. The lowest BCUT2D eigenvalue weighted by Gasteiger charge is -2.31. The van der Waals surface area contributed by atoms with Gasteiger partial charge in [0.1, 0.15) is 5.54 Å². The van der Waals surface area contributed by atoms with Crippen molar-refractivity contribution in [3.63, 3.8) is 0 Å². The largest absolute Gasteiger partial charge is 0.326 e. The van der Waals surface area contributed by atoms with Crippen LogP contribution in [0.2, 0.25) is 0 Å². The minimum Gasteiger partial charge on any atom is -0.326 e. The molecule has 0 unspecified atom stereocenters. The highest BCUT2D eigenvalue weighted by Crippen LogP contribution is 2.42. The van der Waals surface area contributed by atoms with Crippen molar-refractivity contribution in [2.75, 3.05) is 11.9 Å². The van der Waals surface area contributed by atoms with Crippen LogP contribution in [0.25, 0.3) is 0 Å². The first-order valence-corrected chi connectivity index (χ1v) is 12.0. The van der Waals surface area contributed by atoms with Crippen LogP contribution < -0.4 is 10.6 Å². The van der Waals surface area contributed by atoms with Crippen LogP contribution in [-0.4, -0.2) is 35.1 Å². The van der Waals surface area contributed by atoms with Gasteiger partial charge in [-0.2, -0.15) is 0 Å². The summed E-state index contributed by atoms with van der Waals surface area (Å²) in [6.45, 7) is 1.77. The Kier molecular flexibility index (Phi) is 6.41. The molecule has 1 saturated heterocycles. The Morgan fingerprint density at radius 3 is 2.69 bits per heavy atom. The van der Waals surface area contributed by atoms with Gasteiger partial charge in [0.05, 0.1) is 6.54 Å². The lowest BCUT2D eigenvalue weighted by molar-refractivity contribution is -0.131. The SMILES string of the molecule is CCCCCC(=O)Nc1ccc(C(=O)CN2C(=O)N[C@]3(CCCc4sccc43)C2=O)cc1. The molecule has 1 aliphatic carbocycles. The number of carbonyl (C=O) groups excluding carboxylic acids is 4. The minimum absolute atomic E-state index is 0.0533. The highest BCUT2D eigenvalue weighted by atomic mass is 32.1. The van der Waals surface area contributed by atoms with E-state index in [1.165, 1.54) is 0 Å². The smallest absolute Gasteiger partial charge is 0.325 e. The second-order valence-electron chi connectivity index (χ2n) is 8.34. The van der Waals surface area contributed by atoms with Gasteiger partial charge in [-0.3, -0.25) is 19.3 Å². The Hall–Kier alpha value is -3.00. The quantitative estimate of drug-likeness (QED) is 0.355. The maximum absolute atomic E-state index is 13.3. The summed E-state index contributed by atoms with van der Waals surface area (Å²) in [6.07, 6.45) is 5.63. The Morgan fingerprint density at radius 2 is 1.94 bits per heavy atom. The van der Waals surface area contributed by atoms with E-state index in [0.29, 0.717) is 24.1 Å². The lowest BCUT2D eigenvalue weighted by Crippen LogP contribution is -2.46. The molecule has 7 nitrogen and oxygen atoms in total. The van der Waals surface area contributed by atoms with Crippen molar-refractivity contribution in [2.24, 2.45) is 0 Å². The van der Waals surface area contributed by atoms with Crippen LogP contribution in [0.5, 0.6) is 0 Å². The molecule has 1 aromatic carbocycles. The molecule has 4 amide bonds. The van der Waals surface area contributed by atoms with Gasteiger partial charge in [-0.15, -0.1) is 11.3 Å². The van der Waals surface area contributed by atoms with E-state index >= 15 is 0 Å². The number of carbonyl (C=O) groups is 4. The molecule has 168 valence electrons. The number of imide groups is 1. The number of fused-ring (bicyclic) bond motifs is 2. The number of benzene rings is 1. The summed E-state index contributed by atoms with van der Waals surface area (Å²) in [5.41, 5.74) is 0.817. The molecule has 4 rings (SSSR count). The van der Waals surface area contributed by atoms with Crippen molar-refractivity contribution in [1.82, 2.24) is 10.2 Å². The van der Waals surface area contributed by atoms with Crippen molar-refractivity contribution < 1.29 is 19.2 Å². The number of aryl methyl sites for hydroxylation is 1. The van der Waals surface area contributed by atoms with E-state index in [1.807, 2.05) is 11.4 Å². The van der Waals surface area contributed by atoms with Gasteiger partial charge < -0.3 is 10.6 Å². The second-order valence-corrected chi connectivity index (χ2v) is 9.34. The van der Waals surface area contributed by atoms with Crippen molar-refractivity contribution in [2.45, 2.75) is 57.4 Å². The van der Waals surface area contributed by atoms with Crippen LogP contribution in [0, 0.1) is 0 Å². The molecule has 0 saturated carbocycles. The van der Waals surface area contributed by atoms with E-state index < -0.39 is 11.6 Å². The molecule has 1 atom stereocenters. The number of unbranched alkanes of at least 4 members (excludes halogenated alkanes) is 2. The molecule has 0 bridgehead atoms. The number of nitrogens with zero attached hydrogens (tertiary/aromatic N) is 1. The Balaban J connectivity index is 1.41. The first-order chi connectivity index (χ1) is 15.4. The number of Topliss-reactive ketones (excluding diaryl/α,β-unsaturated/α-hetero) is 1. The van der Waals surface area contributed by atoms with Crippen LogP contribution in [0.3, 0.4) is 0 Å². The Labute approximate surface area is 191 Å². The number of urea groups is 1. The number of nitrogens with one attached hydrogen (secondary N) is 2. The van der Waals surface area contributed by atoms with Gasteiger partial charge in [0.25, 0.3) is 5.91 Å². The maximum atomic E-state index is 13.3. The summed E-state index contributed by atoms with van der Waals surface area (Å²) in [7, 11) is 0. The van der Waals surface area contributed by atoms with Crippen molar-refractivity contribution >= 4 is 40.7 Å². The fourth-order valence-electron chi connectivity index (χ4n) is 4.42. The molecule has 2 aliphatic rings. The van der Waals surface area contributed by atoms with E-state index in [-0.39, 0.29) is 24.1 Å². The second kappa shape index (κ2) is 9.24. The average molecular weight is 454 g/mol. The highest BCUT2D eigenvalue weighted by molar-refractivity contribution is 7.10. The fourth-order valence-corrected chi connectivity index (χ4v) is 5.42. The Bertz CT molecular complexity index is 1050. The molecule has 1 fully saturated rings. The summed E-state index contributed by atoms with van der Waals surface area (Å²) in [4.78, 5) is 52.8. The molecule has 1 spiro atoms. The van der Waals surface area contributed by atoms with Crippen LogP contribution in [-0.2, 0) is 21.5 Å². The van der Waals surface area contributed by atoms with E-state index in [1.54, 1.807) is 35.6 Å². The summed E-state index contributed by atoms with van der Waals surface area (Å²) in [6, 6.07) is 7.91. The molecule has 32 heavy (non-hydrogen) atoms. The van der Waals surface area contributed by atoms with E-state index in [4.69, 9.17) is 0 Å². The molecule has 2 heterocycles. The fraction of sp³-hybridized carbons (Fsp3) is 0.417. The van der Waals surface area contributed by atoms with Crippen molar-refractivity contribution in [3.05, 3.63) is 51.7 Å². The van der Waals surface area contributed by atoms with Gasteiger partial charge >= 0.3 is 6.03 Å². The molecule has 2 N–H and O–H groups in total. The number of anilines is 1. The van der Waals surface area contributed by atoms with Gasteiger partial charge in [0, 0.05) is 28.1 Å². The van der Waals surface area contributed by atoms with Gasteiger partial charge in [0.2, 0.25) is 5.91 Å². The number of rotatable bonds is 8. The molecule has 0 radical (unpaired) electrons. The summed E-state index contributed by atoms with van der Waals surface area (Å²) >= 11 is 1.59. The number of hydrogen-bond acceptors (Lipinski definition) is 5. The number of thiophene rings is 1. The minimum atomic E-state index is -1.04. The van der Waals surface area contributed by atoms with Gasteiger partial charge in [0.15, 0.2) is 5.78 Å². The van der Waals surface area contributed by atoms with Gasteiger partial charge in [-0.25, -0.2) is 4.79 Å². The van der Waals surface area contributed by atoms with E-state index in [9.17, 15) is 19.2 Å². The number of amides is 4. The summed E-state index contributed by atoms with van der Waals surface area (Å²) < 4.78 is 0.